The molecule has 0 unspecified atom stereocenters. The van der Waals surface area contributed by atoms with Crippen LogP contribution in [0.1, 0.15) is 125 Å². The van der Waals surface area contributed by atoms with E-state index in [1.165, 1.54) is 16.7 Å². The number of hydrogen-bond acceptors (Lipinski definition) is 21. The smallest absolute Gasteiger partial charge is 0.251 e. The lowest BCUT2D eigenvalue weighted by Gasteiger charge is -2.31. The highest BCUT2D eigenvalue weighted by Crippen LogP contribution is 2.37. The minimum atomic E-state index is -3.54. The molecule has 24 nitrogen and oxygen atoms in total. The van der Waals surface area contributed by atoms with E-state index in [2.05, 4.69) is 82.7 Å². The number of sulfone groups is 3. The highest BCUT2D eigenvalue weighted by atomic mass is 32.2. The molecule has 3 saturated heterocycles. The Morgan fingerprint density at radius 1 is 0.348 bits per heavy atom. The average molecular weight is 1860 g/mol. The standard InChI is InChI=1S/C36H45N3O5S.C35H42N2O6S.C34H40N2O6S/c1-4-19-43-22-18-38(2)33-12-7-28(8-13-33)29-9-14-35-31(24-29)25-30(17-23-45(35,41)42)36(40)37-32-10-5-27(6-11-32)26-39(3)34-15-20-44-21-16-34;1-3-17-41-20-21-43-33-11-6-27(7-12-33)28-8-13-34-30(23-28)24-29(16-22-44(34,39)40)35(38)36-31-9-4-26(5-10-31)25-37(2)32-14-18-42-19-15-32;1-3-40-19-20-42-32-11-6-26(7-12-32)27-8-13-33-29(22-27)23-28(16-21-43(33,38)39)34(37)35-30-9-4-25(5-10-30)24-36(2)31-14-17-41-18-15-31/h5-14,24-25,34H,4,15-23,26H2,1-3H3,(H,37,40);4-13,23-24,32H,3,14-22,25H2,1-2H3,(H,36,38);4-13,22-23,31H,3,14-21,24H2,1-2H3,(H,35,37). The first-order chi connectivity index (χ1) is 63.9. The molecule has 0 aliphatic carbocycles. The third-order valence-corrected chi connectivity index (χ3v) is 30.0. The molecule has 6 aliphatic heterocycles. The van der Waals surface area contributed by atoms with Crippen molar-refractivity contribution < 1.29 is 77.5 Å². The maximum atomic E-state index is 13.4. The fourth-order valence-corrected chi connectivity index (χ4v) is 21.3. The molecular weight excluding hydrogens is 1730 g/mol. The van der Waals surface area contributed by atoms with Gasteiger partial charge in [-0.1, -0.05) is 105 Å². The number of benzene rings is 9. The third kappa shape index (κ3) is 28.3. The van der Waals surface area contributed by atoms with Gasteiger partial charge < -0.3 is 58.7 Å². The molecule has 132 heavy (non-hydrogen) atoms. The zero-order chi connectivity index (χ0) is 93.0. The van der Waals surface area contributed by atoms with Crippen LogP contribution in [0.3, 0.4) is 0 Å². The predicted molar refractivity (Wildman–Crippen MR) is 524 cm³/mol. The Labute approximate surface area is 779 Å². The first-order valence-electron chi connectivity index (χ1n) is 46.2. The lowest BCUT2D eigenvalue weighted by atomic mass is 10.0. The molecule has 27 heteroatoms. The van der Waals surface area contributed by atoms with E-state index in [1.807, 2.05) is 178 Å². The number of carbonyl (C=O) groups excluding carboxylic acids is 3. The summed E-state index contributed by atoms with van der Waals surface area (Å²) in [6.07, 6.45) is 13.8. The maximum absolute atomic E-state index is 13.4. The second-order valence-corrected chi connectivity index (χ2v) is 40.6. The van der Waals surface area contributed by atoms with Gasteiger partial charge in [-0.15, -0.1) is 0 Å². The molecule has 6 heterocycles. The molecule has 0 radical (unpaired) electrons. The SMILES string of the molecule is CCCOCCN(C)c1ccc(-c2ccc3c(c2)C=C(C(=O)Nc2ccc(CN(C)C4CCOCC4)cc2)CCS3(=O)=O)cc1.CCCOCCOc1ccc(-c2ccc3c(c2)C=C(C(=O)Nc2ccc(CN(C)C4CCOCC4)cc2)CCS3(=O)=O)cc1.CCOCCOc1ccc(-c2ccc3c(c2)C=C(C(=O)Nc2ccc(CN(C)C4CCOCC4)cc2)CCS3(=O)=O)cc1. The molecule has 3 amide bonds. The molecule has 3 N–H and O–H groups in total. The minimum Gasteiger partial charge on any atom is -0.491 e. The molecule has 0 saturated carbocycles. The fraction of sp³-hybridized carbons (Fsp3) is 0.400. The van der Waals surface area contributed by atoms with Crippen molar-refractivity contribution in [3.63, 3.8) is 0 Å². The van der Waals surface area contributed by atoms with Crippen LogP contribution in [0.25, 0.3) is 51.6 Å². The van der Waals surface area contributed by atoms with Crippen LogP contribution >= 0.6 is 0 Å². The summed E-state index contributed by atoms with van der Waals surface area (Å²) in [5.41, 5.74) is 14.9. The van der Waals surface area contributed by atoms with E-state index in [1.54, 1.807) is 42.5 Å². The second-order valence-electron chi connectivity index (χ2n) is 34.3. The highest BCUT2D eigenvalue weighted by Gasteiger charge is 2.31. The molecule has 6 aliphatic rings. The summed E-state index contributed by atoms with van der Waals surface area (Å²) in [4.78, 5) is 50.0. The first-order valence-corrected chi connectivity index (χ1v) is 51.1. The van der Waals surface area contributed by atoms with Gasteiger partial charge >= 0.3 is 0 Å². The van der Waals surface area contributed by atoms with Gasteiger partial charge in [0.05, 0.1) is 51.8 Å². The Balaban J connectivity index is 0.000000168. The molecule has 0 spiro atoms. The van der Waals surface area contributed by atoms with Crippen molar-refractivity contribution in [1.29, 1.82) is 0 Å². The van der Waals surface area contributed by atoms with Crippen LogP contribution in [0.5, 0.6) is 11.5 Å². The largest absolute Gasteiger partial charge is 0.491 e. The van der Waals surface area contributed by atoms with Gasteiger partial charge in [-0.25, -0.2) is 25.3 Å². The topological polar surface area (TPSA) is 277 Å². The average Bonchev–Trinajstić information content (AvgIpc) is 1.60. The number of nitrogens with zero attached hydrogens (tertiary/aromatic N) is 4. The van der Waals surface area contributed by atoms with Gasteiger partial charge in [0, 0.05) is 150 Å². The van der Waals surface area contributed by atoms with Gasteiger partial charge in [0.25, 0.3) is 17.7 Å². The summed E-state index contributed by atoms with van der Waals surface area (Å²) >= 11 is 0. The monoisotopic (exact) mass is 1850 g/mol. The van der Waals surface area contributed by atoms with Crippen molar-refractivity contribution in [2.75, 3.05) is 165 Å². The van der Waals surface area contributed by atoms with Crippen molar-refractivity contribution in [2.45, 2.75) is 144 Å². The first kappa shape index (κ1) is 99.0. The van der Waals surface area contributed by atoms with Crippen LogP contribution < -0.4 is 30.3 Å². The number of rotatable bonds is 35. The summed E-state index contributed by atoms with van der Waals surface area (Å²) in [5, 5.41) is 8.91. The van der Waals surface area contributed by atoms with Crippen molar-refractivity contribution in [1.82, 2.24) is 14.7 Å². The molecule has 15 rings (SSSR count). The molecule has 702 valence electrons. The lowest BCUT2D eigenvalue weighted by molar-refractivity contribution is -0.113. The number of nitrogens with one attached hydrogen (secondary N) is 3. The number of likely N-dealkylation sites (N-methyl/N-ethyl adjacent to an activating group) is 1. The van der Waals surface area contributed by atoms with E-state index in [9.17, 15) is 39.6 Å². The van der Waals surface area contributed by atoms with Crippen LogP contribution in [0.2, 0.25) is 0 Å². The van der Waals surface area contributed by atoms with Gasteiger partial charge in [-0.05, 0) is 293 Å². The van der Waals surface area contributed by atoms with Crippen molar-refractivity contribution >= 4 is 88.2 Å². The normalized spacial score (nSPS) is 16.6. The van der Waals surface area contributed by atoms with Crippen LogP contribution in [-0.2, 0) is 92.0 Å². The molecular formula is C105H127N7O17S3. The minimum absolute atomic E-state index is 0.112. The Kier molecular flexibility index (Phi) is 36.3. The zero-order valence-electron chi connectivity index (χ0n) is 77.1. The number of ether oxygens (including phenoxy) is 8. The van der Waals surface area contributed by atoms with Crippen LogP contribution in [0.4, 0.5) is 22.7 Å². The molecule has 9 aromatic rings. The summed E-state index contributed by atoms with van der Waals surface area (Å²) in [6.45, 7) is 19.0. The summed E-state index contributed by atoms with van der Waals surface area (Å²) < 4.78 is 123. The van der Waals surface area contributed by atoms with E-state index in [-0.39, 0.29) is 68.9 Å². The van der Waals surface area contributed by atoms with Gasteiger partial charge in [0.2, 0.25) is 0 Å². The summed E-state index contributed by atoms with van der Waals surface area (Å²) in [5.74, 6) is 0.242. The Bertz CT molecular complexity index is 5780. The highest BCUT2D eigenvalue weighted by molar-refractivity contribution is 7.92. The van der Waals surface area contributed by atoms with Crippen LogP contribution in [-0.4, -0.2) is 220 Å². The van der Waals surface area contributed by atoms with Crippen molar-refractivity contribution in [2.24, 2.45) is 0 Å². The molecule has 3 fully saturated rings. The molecule has 0 atom stereocenters. The molecule has 9 aromatic carbocycles. The maximum Gasteiger partial charge on any atom is 0.251 e. The number of anilines is 4. The number of hydrogen-bond donors (Lipinski definition) is 3. The van der Waals surface area contributed by atoms with Gasteiger partial charge in [-0.2, -0.15) is 0 Å². The quantitative estimate of drug-likeness (QED) is 0.0311. The lowest BCUT2D eigenvalue weighted by Crippen LogP contribution is -2.36. The van der Waals surface area contributed by atoms with Gasteiger partial charge in [0.1, 0.15) is 24.7 Å². The van der Waals surface area contributed by atoms with Crippen LogP contribution in [0.15, 0.2) is 232 Å². The zero-order valence-corrected chi connectivity index (χ0v) is 79.5. The second kappa shape index (κ2) is 48.4. The third-order valence-electron chi connectivity index (χ3n) is 24.7. The summed E-state index contributed by atoms with van der Waals surface area (Å²) in [7, 11) is -2.17. The Hall–Kier alpha value is -10.5. The van der Waals surface area contributed by atoms with E-state index in [4.69, 9.17) is 37.9 Å². The Morgan fingerprint density at radius 3 is 0.955 bits per heavy atom. The number of fused-ring (bicyclic) bond motifs is 3. The fourth-order valence-electron chi connectivity index (χ4n) is 16.9. The van der Waals surface area contributed by atoms with E-state index in [0.29, 0.717) is 108 Å². The van der Waals surface area contributed by atoms with Gasteiger partial charge in [0.15, 0.2) is 29.5 Å². The summed E-state index contributed by atoms with van der Waals surface area (Å²) in [6, 6.07) is 64.5. The number of amides is 3. The van der Waals surface area contributed by atoms with E-state index >= 15 is 0 Å². The Morgan fingerprint density at radius 2 is 0.644 bits per heavy atom. The van der Waals surface area contributed by atoms with Crippen LogP contribution in [0, 0.1) is 0 Å². The number of carbonyl (C=O) groups is 3. The van der Waals surface area contributed by atoms with E-state index in [0.717, 1.165) is 181 Å². The van der Waals surface area contributed by atoms with E-state index < -0.39 is 29.5 Å². The molecule has 0 bridgehead atoms. The van der Waals surface area contributed by atoms with Crippen molar-refractivity contribution in [3.05, 3.63) is 250 Å². The molecule has 0 aromatic heterocycles. The van der Waals surface area contributed by atoms with Crippen molar-refractivity contribution in [3.8, 4) is 44.9 Å². The van der Waals surface area contributed by atoms with Gasteiger partial charge in [-0.3, -0.25) is 29.1 Å². The predicted octanol–water partition coefficient (Wildman–Crippen LogP) is 17.6.